The monoisotopic (exact) mass is 470 g/mol. The Morgan fingerprint density at radius 2 is 1.41 bits per heavy atom. The zero-order valence-electron chi connectivity index (χ0n) is 18.4. The molecule has 0 fully saturated rings. The second kappa shape index (κ2) is 8.99. The number of para-hydroxylation sites is 2. The number of rotatable bonds is 7. The lowest BCUT2D eigenvalue weighted by molar-refractivity contribution is 0.340. The van der Waals surface area contributed by atoms with Crippen LogP contribution in [-0.4, -0.2) is 25.0 Å². The largest absolute Gasteiger partial charge is 0.494 e. The molecule has 0 aliphatic carbocycles. The summed E-state index contributed by atoms with van der Waals surface area (Å²) in [4.78, 5) is 9.34. The molecule has 0 unspecified atom stereocenters. The number of hydrogen-bond acceptors (Lipinski definition) is 6. The van der Waals surface area contributed by atoms with Gasteiger partial charge in [-0.05, 0) is 54.8 Å². The van der Waals surface area contributed by atoms with Gasteiger partial charge in [-0.1, -0.05) is 48.5 Å². The molecular formula is C26H22N4O3S. The van der Waals surface area contributed by atoms with E-state index in [1.165, 1.54) is 12.1 Å². The molecule has 0 radical (unpaired) electrons. The maximum Gasteiger partial charge on any atom is 0.263 e. The molecule has 2 N–H and O–H groups in total. The summed E-state index contributed by atoms with van der Waals surface area (Å²) in [6, 6.07) is 27.4. The van der Waals surface area contributed by atoms with Crippen LogP contribution in [0.5, 0.6) is 5.75 Å². The van der Waals surface area contributed by atoms with Crippen molar-refractivity contribution in [2.45, 2.75) is 11.8 Å². The van der Waals surface area contributed by atoms with Crippen molar-refractivity contribution in [2.24, 2.45) is 0 Å². The number of aromatic nitrogens is 2. The smallest absolute Gasteiger partial charge is 0.263 e. The SMILES string of the molecule is CCOc1ccc(S(=O)(=O)Nc2nc3ccccc3nc2Nc2cccc3ccccc23)cc1. The van der Waals surface area contributed by atoms with Gasteiger partial charge < -0.3 is 10.1 Å². The summed E-state index contributed by atoms with van der Waals surface area (Å²) in [5.41, 5.74) is 2.02. The number of anilines is 3. The van der Waals surface area contributed by atoms with Crippen LogP contribution in [0.4, 0.5) is 17.3 Å². The Bertz CT molecular complexity index is 1580. The minimum atomic E-state index is -3.92. The van der Waals surface area contributed by atoms with Gasteiger partial charge in [-0.3, -0.25) is 4.72 Å². The van der Waals surface area contributed by atoms with Gasteiger partial charge in [-0.2, -0.15) is 0 Å². The Balaban J connectivity index is 1.56. The third-order valence-electron chi connectivity index (χ3n) is 5.29. The van der Waals surface area contributed by atoms with Crippen molar-refractivity contribution in [2.75, 3.05) is 16.6 Å². The summed E-state index contributed by atoms with van der Waals surface area (Å²) >= 11 is 0. The molecular weight excluding hydrogens is 448 g/mol. The summed E-state index contributed by atoms with van der Waals surface area (Å²) in [5, 5.41) is 5.33. The van der Waals surface area contributed by atoms with Gasteiger partial charge in [0.1, 0.15) is 5.75 Å². The number of fused-ring (bicyclic) bond motifs is 2. The van der Waals surface area contributed by atoms with E-state index in [1.54, 1.807) is 18.2 Å². The maximum atomic E-state index is 13.2. The fourth-order valence-corrected chi connectivity index (χ4v) is 4.70. The highest BCUT2D eigenvalue weighted by molar-refractivity contribution is 7.92. The molecule has 0 amide bonds. The van der Waals surface area contributed by atoms with Crippen LogP contribution >= 0.6 is 0 Å². The van der Waals surface area contributed by atoms with Crippen LogP contribution in [-0.2, 0) is 10.0 Å². The van der Waals surface area contributed by atoms with Crippen molar-refractivity contribution in [3.63, 3.8) is 0 Å². The van der Waals surface area contributed by atoms with Crippen LogP contribution in [0.1, 0.15) is 6.92 Å². The fraction of sp³-hybridized carbons (Fsp3) is 0.0769. The molecule has 1 heterocycles. The van der Waals surface area contributed by atoms with E-state index in [-0.39, 0.29) is 10.7 Å². The van der Waals surface area contributed by atoms with Gasteiger partial charge in [-0.15, -0.1) is 0 Å². The molecule has 4 aromatic carbocycles. The molecule has 8 heteroatoms. The highest BCUT2D eigenvalue weighted by Gasteiger charge is 2.19. The molecule has 0 spiro atoms. The van der Waals surface area contributed by atoms with Crippen molar-refractivity contribution < 1.29 is 13.2 Å². The zero-order valence-corrected chi connectivity index (χ0v) is 19.2. The molecule has 0 atom stereocenters. The van der Waals surface area contributed by atoms with Crippen molar-refractivity contribution in [3.8, 4) is 5.75 Å². The average Bonchev–Trinajstić information content (AvgIpc) is 2.85. The first-order valence-corrected chi connectivity index (χ1v) is 12.3. The van der Waals surface area contributed by atoms with Crippen LogP contribution in [0.25, 0.3) is 21.8 Å². The third kappa shape index (κ3) is 4.35. The van der Waals surface area contributed by atoms with Gasteiger partial charge in [0.05, 0.1) is 22.5 Å². The second-order valence-electron chi connectivity index (χ2n) is 7.57. The Morgan fingerprint density at radius 3 is 2.15 bits per heavy atom. The Labute approximate surface area is 197 Å². The molecule has 0 bridgehead atoms. The first-order valence-electron chi connectivity index (χ1n) is 10.8. The van der Waals surface area contributed by atoms with Crippen LogP contribution in [0.15, 0.2) is 95.9 Å². The van der Waals surface area contributed by atoms with E-state index in [4.69, 9.17) is 4.74 Å². The van der Waals surface area contributed by atoms with Gasteiger partial charge in [0.25, 0.3) is 10.0 Å². The maximum absolute atomic E-state index is 13.2. The van der Waals surface area contributed by atoms with Crippen molar-refractivity contribution >= 4 is 49.2 Å². The van der Waals surface area contributed by atoms with Crippen molar-refractivity contribution in [3.05, 3.63) is 91.0 Å². The van der Waals surface area contributed by atoms with E-state index < -0.39 is 10.0 Å². The van der Waals surface area contributed by atoms with E-state index in [9.17, 15) is 8.42 Å². The van der Waals surface area contributed by atoms with Gasteiger partial charge in [-0.25, -0.2) is 18.4 Å². The van der Waals surface area contributed by atoms with Gasteiger partial charge in [0.2, 0.25) is 0 Å². The van der Waals surface area contributed by atoms with Crippen LogP contribution in [0.2, 0.25) is 0 Å². The summed E-state index contributed by atoms with van der Waals surface area (Å²) in [6.07, 6.45) is 0. The number of ether oxygens (including phenoxy) is 1. The van der Waals surface area contributed by atoms with Crippen molar-refractivity contribution in [1.29, 1.82) is 0 Å². The standard InChI is InChI=1S/C26H22N4O3S/c1-2-33-19-14-16-20(17-15-19)34(31,32)30-26-25(28-23-11-5-6-12-24(23)29-26)27-22-13-7-9-18-8-3-4-10-21(18)22/h3-17H,2H2,1H3,(H,27,28)(H,29,30). The topological polar surface area (TPSA) is 93.2 Å². The lowest BCUT2D eigenvalue weighted by Crippen LogP contribution is -2.16. The molecule has 34 heavy (non-hydrogen) atoms. The van der Waals surface area contributed by atoms with Gasteiger partial charge in [0, 0.05) is 11.1 Å². The van der Waals surface area contributed by atoms with Gasteiger partial charge >= 0.3 is 0 Å². The number of sulfonamides is 1. The van der Waals surface area contributed by atoms with E-state index in [2.05, 4.69) is 20.0 Å². The summed E-state index contributed by atoms with van der Waals surface area (Å²) in [7, 11) is -3.92. The first kappa shape index (κ1) is 21.7. The van der Waals surface area contributed by atoms with E-state index in [0.717, 1.165) is 16.5 Å². The minimum Gasteiger partial charge on any atom is -0.494 e. The number of nitrogens with zero attached hydrogens (tertiary/aromatic N) is 2. The molecule has 0 aliphatic heterocycles. The molecule has 1 aromatic heterocycles. The summed E-state index contributed by atoms with van der Waals surface area (Å²) in [6.45, 7) is 2.37. The summed E-state index contributed by atoms with van der Waals surface area (Å²) < 4.78 is 34.4. The molecule has 0 saturated carbocycles. The Hall–Kier alpha value is -4.17. The average molecular weight is 471 g/mol. The Kier molecular flexibility index (Phi) is 5.73. The molecule has 7 nitrogen and oxygen atoms in total. The molecule has 5 aromatic rings. The minimum absolute atomic E-state index is 0.0991. The fourth-order valence-electron chi connectivity index (χ4n) is 3.69. The van der Waals surface area contributed by atoms with Crippen LogP contribution in [0.3, 0.4) is 0 Å². The third-order valence-corrected chi connectivity index (χ3v) is 6.64. The zero-order chi connectivity index (χ0) is 23.5. The number of hydrogen-bond donors (Lipinski definition) is 2. The molecule has 0 aliphatic rings. The predicted octanol–water partition coefficient (Wildman–Crippen LogP) is 5.73. The normalized spacial score (nSPS) is 11.4. The van der Waals surface area contributed by atoms with E-state index in [1.807, 2.05) is 67.6 Å². The van der Waals surface area contributed by atoms with Gasteiger partial charge in [0.15, 0.2) is 11.6 Å². The van der Waals surface area contributed by atoms with Crippen LogP contribution < -0.4 is 14.8 Å². The molecule has 5 rings (SSSR count). The van der Waals surface area contributed by atoms with E-state index >= 15 is 0 Å². The lowest BCUT2D eigenvalue weighted by atomic mass is 10.1. The first-order chi connectivity index (χ1) is 16.5. The highest BCUT2D eigenvalue weighted by Crippen LogP contribution is 2.31. The van der Waals surface area contributed by atoms with Crippen LogP contribution in [0, 0.1) is 0 Å². The summed E-state index contributed by atoms with van der Waals surface area (Å²) in [5.74, 6) is 1.02. The highest BCUT2D eigenvalue weighted by atomic mass is 32.2. The Morgan fingerprint density at radius 1 is 0.765 bits per heavy atom. The van der Waals surface area contributed by atoms with Crippen molar-refractivity contribution in [1.82, 2.24) is 9.97 Å². The quantitative estimate of drug-likeness (QED) is 0.316. The lowest BCUT2D eigenvalue weighted by Gasteiger charge is -2.15. The predicted molar refractivity (Wildman–Crippen MR) is 135 cm³/mol. The molecule has 0 saturated heterocycles. The number of benzene rings is 4. The van der Waals surface area contributed by atoms with E-state index in [0.29, 0.717) is 29.2 Å². The number of nitrogens with one attached hydrogen (secondary N) is 2. The second-order valence-corrected chi connectivity index (χ2v) is 9.25. The molecule has 170 valence electrons.